The van der Waals surface area contributed by atoms with Crippen molar-refractivity contribution < 1.29 is 28.8 Å². The van der Waals surface area contributed by atoms with Crippen LogP contribution >= 0.6 is 23.2 Å². The van der Waals surface area contributed by atoms with Crippen molar-refractivity contribution in [2.75, 3.05) is 46.2 Å². The van der Waals surface area contributed by atoms with Gasteiger partial charge in [-0.1, -0.05) is 47.5 Å². The van der Waals surface area contributed by atoms with Crippen molar-refractivity contribution in [1.82, 2.24) is 10.6 Å². The first-order chi connectivity index (χ1) is 20.1. The Morgan fingerprint density at radius 3 is 1.86 bits per heavy atom. The molecule has 8 nitrogen and oxygen atoms in total. The Bertz CT molecular complexity index is 1030. The second kappa shape index (κ2) is 18.1. The molecule has 0 bridgehead atoms. The Morgan fingerprint density at radius 2 is 1.43 bits per heavy atom. The zero-order valence-electron chi connectivity index (χ0n) is 25.0. The summed E-state index contributed by atoms with van der Waals surface area (Å²) in [5.74, 6) is -0.107. The van der Waals surface area contributed by atoms with Gasteiger partial charge in [0.2, 0.25) is 0 Å². The Hall–Kier alpha value is -1.75. The third kappa shape index (κ3) is 13.7. The van der Waals surface area contributed by atoms with E-state index in [-0.39, 0.29) is 36.9 Å². The SMILES string of the molecule is C1CCOC1.CC(C)(C)OC[C@@H]1OCC(Cc2ccc(Cl)cc2)NC1=O.OC[C@H]1CNC(Cc2ccc(Cl)cc2)CO1. The molecule has 3 aliphatic heterocycles. The fraction of sp³-hybridized carbons (Fsp3) is 0.594. The molecular weight excluding hydrogens is 579 g/mol. The maximum atomic E-state index is 12.0. The molecule has 3 heterocycles. The summed E-state index contributed by atoms with van der Waals surface area (Å²) < 4.78 is 21.7. The zero-order valence-corrected chi connectivity index (χ0v) is 26.5. The maximum Gasteiger partial charge on any atom is 0.251 e. The smallest absolute Gasteiger partial charge is 0.251 e. The molecule has 10 heteroatoms. The van der Waals surface area contributed by atoms with E-state index < -0.39 is 6.10 Å². The number of rotatable bonds is 7. The van der Waals surface area contributed by atoms with Crippen LogP contribution in [0.3, 0.4) is 0 Å². The second-order valence-corrected chi connectivity index (χ2v) is 12.5. The van der Waals surface area contributed by atoms with E-state index in [9.17, 15) is 4.79 Å². The average Bonchev–Trinajstić information content (AvgIpc) is 3.56. The molecule has 2 aromatic carbocycles. The van der Waals surface area contributed by atoms with Crippen LogP contribution in [0.15, 0.2) is 48.5 Å². The monoisotopic (exact) mass is 624 g/mol. The molecule has 4 atom stereocenters. The minimum absolute atomic E-state index is 0.00966. The predicted octanol–water partition coefficient (Wildman–Crippen LogP) is 4.61. The van der Waals surface area contributed by atoms with Crippen LogP contribution in [0.1, 0.15) is 44.7 Å². The Morgan fingerprint density at radius 1 is 0.881 bits per heavy atom. The van der Waals surface area contributed by atoms with Crippen LogP contribution in [0.2, 0.25) is 10.0 Å². The molecule has 1 amide bonds. The highest BCUT2D eigenvalue weighted by atomic mass is 35.5. The van der Waals surface area contributed by atoms with Gasteiger partial charge in [-0.25, -0.2) is 0 Å². The molecule has 0 spiro atoms. The summed E-state index contributed by atoms with van der Waals surface area (Å²) in [4.78, 5) is 12.0. The second-order valence-electron chi connectivity index (χ2n) is 11.7. The van der Waals surface area contributed by atoms with Gasteiger partial charge in [0.15, 0.2) is 6.10 Å². The standard InChI is InChI=1S/C16H22ClNO3.C12H16ClNO2.C4H8O/c1-16(2,3)21-10-14-15(19)18-13(9-20-14)8-11-4-6-12(17)7-5-11;13-10-3-1-9(2-4-10)5-11-8-16-12(7-15)6-14-11;1-2-4-5-3-1/h4-7,13-14H,8-10H2,1-3H3,(H,18,19);1-4,11-12,14-15H,5-8H2;1-4H2/t13?,14-;11?,12-;/m01./s1. The highest BCUT2D eigenvalue weighted by Crippen LogP contribution is 2.15. The van der Waals surface area contributed by atoms with Gasteiger partial charge in [0.1, 0.15) is 0 Å². The zero-order chi connectivity index (χ0) is 30.4. The quantitative estimate of drug-likeness (QED) is 0.414. The number of aliphatic hydroxyl groups excluding tert-OH is 1. The molecular formula is C32H46Cl2N2O6. The van der Waals surface area contributed by atoms with E-state index in [1.54, 1.807) is 0 Å². The molecule has 0 aromatic heterocycles. The summed E-state index contributed by atoms with van der Waals surface area (Å²) in [6, 6.07) is 15.8. The van der Waals surface area contributed by atoms with E-state index in [2.05, 4.69) is 10.6 Å². The average molecular weight is 626 g/mol. The lowest BCUT2D eigenvalue weighted by Crippen LogP contribution is -2.53. The molecule has 0 aliphatic carbocycles. The van der Waals surface area contributed by atoms with Crippen molar-refractivity contribution in [3.8, 4) is 0 Å². The van der Waals surface area contributed by atoms with Crippen molar-refractivity contribution in [2.45, 2.75) is 76.3 Å². The van der Waals surface area contributed by atoms with Gasteiger partial charge in [-0.05, 0) is 81.8 Å². The van der Waals surface area contributed by atoms with Crippen LogP contribution in [-0.4, -0.2) is 87.1 Å². The van der Waals surface area contributed by atoms with Crippen LogP contribution in [0.25, 0.3) is 0 Å². The Labute approximate surface area is 260 Å². The molecule has 5 rings (SSSR count). The van der Waals surface area contributed by atoms with Crippen molar-refractivity contribution >= 4 is 29.1 Å². The van der Waals surface area contributed by atoms with Gasteiger partial charge in [0, 0.05) is 35.8 Å². The number of hydrogen-bond acceptors (Lipinski definition) is 7. The fourth-order valence-electron chi connectivity index (χ4n) is 4.44. The van der Waals surface area contributed by atoms with Gasteiger partial charge in [-0.3, -0.25) is 4.79 Å². The topological polar surface area (TPSA) is 98.3 Å². The minimum atomic E-state index is -0.523. The molecule has 2 unspecified atom stereocenters. The molecule has 3 fully saturated rings. The van der Waals surface area contributed by atoms with Crippen LogP contribution < -0.4 is 10.6 Å². The molecule has 3 aliphatic rings. The maximum absolute atomic E-state index is 12.0. The minimum Gasteiger partial charge on any atom is -0.394 e. The first-order valence-corrected chi connectivity index (χ1v) is 15.5. The summed E-state index contributed by atoms with van der Waals surface area (Å²) in [5.41, 5.74) is 2.09. The molecule has 234 valence electrons. The third-order valence-electron chi connectivity index (χ3n) is 6.79. The van der Waals surface area contributed by atoms with Gasteiger partial charge in [-0.15, -0.1) is 0 Å². The van der Waals surface area contributed by atoms with E-state index in [0.717, 1.165) is 43.2 Å². The third-order valence-corrected chi connectivity index (χ3v) is 7.30. The summed E-state index contributed by atoms with van der Waals surface area (Å²) in [6.45, 7) is 10.1. The molecule has 3 N–H and O–H groups in total. The lowest BCUT2D eigenvalue weighted by molar-refractivity contribution is -0.150. The first-order valence-electron chi connectivity index (χ1n) is 14.7. The largest absolute Gasteiger partial charge is 0.394 e. The summed E-state index contributed by atoms with van der Waals surface area (Å²) in [5, 5.41) is 16.7. The lowest BCUT2D eigenvalue weighted by Gasteiger charge is -2.31. The van der Waals surface area contributed by atoms with E-state index in [4.69, 9.17) is 47.3 Å². The van der Waals surface area contributed by atoms with E-state index in [0.29, 0.717) is 24.3 Å². The first kappa shape index (κ1) is 34.7. The van der Waals surface area contributed by atoms with Gasteiger partial charge in [0.05, 0.1) is 44.2 Å². The van der Waals surface area contributed by atoms with E-state index in [1.807, 2.05) is 69.3 Å². The number of halogens is 2. The van der Waals surface area contributed by atoms with Crippen LogP contribution in [0.5, 0.6) is 0 Å². The number of carbonyl (C=O) groups is 1. The van der Waals surface area contributed by atoms with Crippen LogP contribution in [-0.2, 0) is 36.6 Å². The number of morpholine rings is 2. The highest BCUT2D eigenvalue weighted by molar-refractivity contribution is 6.30. The van der Waals surface area contributed by atoms with Gasteiger partial charge < -0.3 is 34.7 Å². The molecule has 3 saturated heterocycles. The van der Waals surface area contributed by atoms with Gasteiger partial charge in [0.25, 0.3) is 5.91 Å². The van der Waals surface area contributed by atoms with E-state index in [1.165, 1.54) is 18.4 Å². The summed E-state index contributed by atoms with van der Waals surface area (Å²) in [7, 11) is 0. The number of nitrogens with one attached hydrogen (secondary N) is 2. The van der Waals surface area contributed by atoms with Gasteiger partial charge >= 0.3 is 0 Å². The molecule has 0 radical (unpaired) electrons. The van der Waals surface area contributed by atoms with Crippen molar-refractivity contribution in [2.24, 2.45) is 0 Å². The van der Waals surface area contributed by atoms with Crippen molar-refractivity contribution in [3.63, 3.8) is 0 Å². The predicted molar refractivity (Wildman–Crippen MR) is 166 cm³/mol. The number of hydrogen-bond donors (Lipinski definition) is 3. The number of carbonyl (C=O) groups excluding carboxylic acids is 1. The lowest BCUT2D eigenvalue weighted by atomic mass is 10.0. The van der Waals surface area contributed by atoms with Crippen LogP contribution in [0, 0.1) is 0 Å². The van der Waals surface area contributed by atoms with E-state index >= 15 is 0 Å². The fourth-order valence-corrected chi connectivity index (χ4v) is 4.69. The highest BCUT2D eigenvalue weighted by Gasteiger charge is 2.30. The van der Waals surface area contributed by atoms with Crippen LogP contribution in [0.4, 0.5) is 0 Å². The Balaban J connectivity index is 0.000000202. The molecule has 42 heavy (non-hydrogen) atoms. The molecule has 0 saturated carbocycles. The number of aliphatic hydroxyl groups is 1. The van der Waals surface area contributed by atoms with Crippen molar-refractivity contribution in [3.05, 3.63) is 69.7 Å². The Kier molecular flexibility index (Phi) is 15.0. The summed E-state index contributed by atoms with van der Waals surface area (Å²) in [6.07, 6.45) is 3.64. The summed E-state index contributed by atoms with van der Waals surface area (Å²) >= 11 is 11.7. The van der Waals surface area contributed by atoms with Gasteiger partial charge in [-0.2, -0.15) is 0 Å². The van der Waals surface area contributed by atoms with Crippen molar-refractivity contribution in [1.29, 1.82) is 0 Å². The number of benzene rings is 2. The number of ether oxygens (including phenoxy) is 4. The normalized spacial score (nSPS) is 24.1. The number of amides is 1. The molecule has 2 aromatic rings.